The summed E-state index contributed by atoms with van der Waals surface area (Å²) in [6.07, 6.45) is 1.46. The second-order valence-corrected chi connectivity index (χ2v) is 10.00. The molecule has 1 aliphatic rings. The molecule has 0 atom stereocenters. The quantitative estimate of drug-likeness (QED) is 0.332. The molecule has 1 saturated heterocycles. The van der Waals surface area contributed by atoms with Gasteiger partial charge in [-0.3, -0.25) is 4.79 Å². The second-order valence-electron chi connectivity index (χ2n) is 9.62. The summed E-state index contributed by atoms with van der Waals surface area (Å²) in [7, 11) is 3.96. The molecule has 7 nitrogen and oxygen atoms in total. The monoisotopic (exact) mass is 532 g/mol. The molecular weight excluding hydrogens is 502 g/mol. The minimum Gasteiger partial charge on any atom is -0.494 e. The fourth-order valence-corrected chi connectivity index (χ4v) is 5.33. The largest absolute Gasteiger partial charge is 0.494 e. The first-order valence-electron chi connectivity index (χ1n) is 12.0. The SMILES string of the molecule is C=C(OCC)c1cn(-c2cc(N)c(F)cc2CO)c2c(Cl)c(N3CC(CN(C)C)C3)c(F)c(C)c2c1=O. The molecular formula is C27H31ClF2N4O3. The van der Waals surface area contributed by atoms with E-state index < -0.39 is 23.7 Å². The van der Waals surface area contributed by atoms with Crippen molar-refractivity contribution in [3.63, 3.8) is 0 Å². The summed E-state index contributed by atoms with van der Waals surface area (Å²) in [6, 6.07) is 2.47. The molecule has 1 fully saturated rings. The number of fused-ring (bicyclic) bond motifs is 1. The molecule has 10 heteroatoms. The van der Waals surface area contributed by atoms with Gasteiger partial charge >= 0.3 is 0 Å². The molecule has 0 saturated carbocycles. The summed E-state index contributed by atoms with van der Waals surface area (Å²) in [5.74, 6) is -0.834. The van der Waals surface area contributed by atoms with Gasteiger partial charge in [-0.2, -0.15) is 0 Å². The molecule has 0 amide bonds. The normalized spacial score (nSPS) is 13.9. The highest BCUT2D eigenvalue weighted by molar-refractivity contribution is 6.38. The second kappa shape index (κ2) is 10.3. The highest BCUT2D eigenvalue weighted by Gasteiger charge is 2.34. The van der Waals surface area contributed by atoms with Gasteiger partial charge in [-0.25, -0.2) is 8.78 Å². The number of aliphatic hydroxyl groups excluding tert-OH is 1. The lowest BCUT2D eigenvalue weighted by Gasteiger charge is -2.43. The molecule has 198 valence electrons. The minimum atomic E-state index is -0.696. The molecule has 3 N–H and O–H groups in total. The molecule has 3 aromatic rings. The Kier molecular flexibility index (Phi) is 7.50. The van der Waals surface area contributed by atoms with Crippen molar-refractivity contribution in [3.05, 3.63) is 68.5 Å². The van der Waals surface area contributed by atoms with E-state index in [4.69, 9.17) is 22.1 Å². The lowest BCUT2D eigenvalue weighted by Crippen LogP contribution is -2.51. The molecule has 1 aliphatic heterocycles. The van der Waals surface area contributed by atoms with Crippen LogP contribution in [0.1, 0.15) is 23.6 Å². The first-order chi connectivity index (χ1) is 17.5. The lowest BCUT2D eigenvalue weighted by molar-refractivity contribution is 0.281. The maximum atomic E-state index is 15.9. The average Bonchev–Trinajstić information content (AvgIpc) is 2.82. The molecule has 0 bridgehead atoms. The summed E-state index contributed by atoms with van der Waals surface area (Å²) >= 11 is 6.89. The third-order valence-electron chi connectivity index (χ3n) is 6.68. The van der Waals surface area contributed by atoms with E-state index in [9.17, 15) is 14.3 Å². The molecule has 1 aromatic heterocycles. The number of halogens is 3. The fraction of sp³-hybridized carbons (Fsp3) is 0.370. The number of hydrogen-bond donors (Lipinski definition) is 2. The van der Waals surface area contributed by atoms with E-state index in [2.05, 4.69) is 11.5 Å². The number of rotatable bonds is 8. The Morgan fingerprint density at radius 1 is 1.32 bits per heavy atom. The predicted octanol–water partition coefficient (Wildman–Crippen LogP) is 4.31. The molecule has 0 radical (unpaired) electrons. The van der Waals surface area contributed by atoms with E-state index in [1.54, 1.807) is 6.92 Å². The van der Waals surface area contributed by atoms with Crippen LogP contribution in [0.25, 0.3) is 22.3 Å². The van der Waals surface area contributed by atoms with Crippen LogP contribution in [0, 0.1) is 24.5 Å². The van der Waals surface area contributed by atoms with Crippen LogP contribution in [0.3, 0.4) is 0 Å². The third-order valence-corrected chi connectivity index (χ3v) is 7.04. The van der Waals surface area contributed by atoms with Crippen LogP contribution in [0.2, 0.25) is 5.02 Å². The Hall–Kier alpha value is -3.14. The van der Waals surface area contributed by atoms with Crippen molar-refractivity contribution in [2.75, 3.05) is 51.0 Å². The minimum absolute atomic E-state index is 0.0406. The standard InChI is InChI=1S/C27H31ClF2N4O3/c1-6-37-15(3)18-12-34(21-8-20(31)19(29)7-17(21)13-35)25-22(27(18)36)14(2)24(30)26(23(25)28)33-10-16(11-33)9-32(4)5/h7-8,12,16,35H,3,6,9-11,13,31H2,1-2,4-5H3. The predicted molar refractivity (Wildman–Crippen MR) is 144 cm³/mol. The molecule has 0 unspecified atom stereocenters. The number of ether oxygens (including phenoxy) is 1. The van der Waals surface area contributed by atoms with Crippen LogP contribution in [0.15, 0.2) is 29.7 Å². The van der Waals surface area contributed by atoms with Gasteiger partial charge in [0.2, 0.25) is 5.43 Å². The Morgan fingerprint density at radius 2 is 2.00 bits per heavy atom. The maximum absolute atomic E-state index is 15.9. The zero-order valence-corrected chi connectivity index (χ0v) is 22.1. The van der Waals surface area contributed by atoms with Gasteiger partial charge in [-0.05, 0) is 40.1 Å². The van der Waals surface area contributed by atoms with Gasteiger partial charge in [0.15, 0.2) is 5.82 Å². The Bertz CT molecular complexity index is 1450. The first kappa shape index (κ1) is 26.9. The smallest absolute Gasteiger partial charge is 0.200 e. The fourth-order valence-electron chi connectivity index (χ4n) is 4.95. The van der Waals surface area contributed by atoms with Crippen LogP contribution in [-0.2, 0) is 11.3 Å². The zero-order chi connectivity index (χ0) is 27.2. The number of anilines is 2. The highest BCUT2D eigenvalue weighted by atomic mass is 35.5. The number of benzene rings is 2. The molecule has 0 aliphatic carbocycles. The van der Waals surface area contributed by atoms with Crippen LogP contribution in [0.4, 0.5) is 20.2 Å². The number of nitrogens with two attached hydrogens (primary N) is 1. The number of hydrogen-bond acceptors (Lipinski definition) is 6. The van der Waals surface area contributed by atoms with Gasteiger partial charge < -0.3 is 29.9 Å². The Morgan fingerprint density at radius 3 is 2.59 bits per heavy atom. The van der Waals surface area contributed by atoms with Crippen molar-refractivity contribution in [3.8, 4) is 5.69 Å². The van der Waals surface area contributed by atoms with Gasteiger partial charge in [0.25, 0.3) is 0 Å². The Labute approximate surface area is 219 Å². The van der Waals surface area contributed by atoms with Crippen molar-refractivity contribution >= 4 is 39.6 Å². The van der Waals surface area contributed by atoms with Gasteiger partial charge in [0, 0.05) is 42.9 Å². The van der Waals surface area contributed by atoms with Gasteiger partial charge in [-0.15, -0.1) is 0 Å². The van der Waals surface area contributed by atoms with Gasteiger partial charge in [-0.1, -0.05) is 18.2 Å². The summed E-state index contributed by atoms with van der Waals surface area (Å²) in [6.45, 7) is 8.95. The van der Waals surface area contributed by atoms with Gasteiger partial charge in [0.05, 0.1) is 51.8 Å². The summed E-state index contributed by atoms with van der Waals surface area (Å²) in [5.41, 5.74) is 6.36. The molecule has 0 spiro atoms. The van der Waals surface area contributed by atoms with Crippen LogP contribution < -0.4 is 16.1 Å². The first-order valence-corrected chi connectivity index (χ1v) is 12.4. The molecule has 2 heterocycles. The van der Waals surface area contributed by atoms with Crippen molar-refractivity contribution in [2.24, 2.45) is 5.92 Å². The van der Waals surface area contributed by atoms with E-state index in [1.807, 2.05) is 19.0 Å². The average molecular weight is 533 g/mol. The zero-order valence-electron chi connectivity index (χ0n) is 21.4. The van der Waals surface area contributed by atoms with Crippen molar-refractivity contribution in [2.45, 2.75) is 20.5 Å². The Balaban J connectivity index is 2.06. The number of aliphatic hydroxyl groups is 1. The topological polar surface area (TPSA) is 84.0 Å². The molecule has 2 aromatic carbocycles. The molecule has 37 heavy (non-hydrogen) atoms. The number of pyridine rings is 1. The van der Waals surface area contributed by atoms with Crippen molar-refractivity contribution in [1.29, 1.82) is 0 Å². The maximum Gasteiger partial charge on any atom is 0.200 e. The highest BCUT2D eigenvalue weighted by Crippen LogP contribution is 2.42. The summed E-state index contributed by atoms with van der Waals surface area (Å²) in [5, 5.41) is 10.1. The van der Waals surface area contributed by atoms with E-state index in [0.29, 0.717) is 24.7 Å². The lowest BCUT2D eigenvalue weighted by atomic mass is 9.96. The number of nitrogen functional groups attached to an aromatic ring is 1. The van der Waals surface area contributed by atoms with E-state index >= 15 is 4.39 Å². The van der Waals surface area contributed by atoms with Gasteiger partial charge in [0.1, 0.15) is 11.6 Å². The van der Waals surface area contributed by atoms with Crippen LogP contribution in [0.5, 0.6) is 0 Å². The number of aryl methyl sites for hydroxylation is 1. The van der Waals surface area contributed by atoms with Crippen molar-refractivity contribution in [1.82, 2.24) is 9.47 Å². The van der Waals surface area contributed by atoms with Crippen molar-refractivity contribution < 1.29 is 18.6 Å². The number of nitrogens with zero attached hydrogens (tertiary/aromatic N) is 3. The van der Waals surface area contributed by atoms with Crippen LogP contribution >= 0.6 is 11.6 Å². The summed E-state index contributed by atoms with van der Waals surface area (Å²) in [4.78, 5) is 17.6. The van der Waals surface area contributed by atoms with Crippen LogP contribution in [-0.4, -0.2) is 54.9 Å². The molecule has 4 rings (SSSR count). The van der Waals surface area contributed by atoms with E-state index in [1.165, 1.54) is 23.8 Å². The third kappa shape index (κ3) is 4.67. The summed E-state index contributed by atoms with van der Waals surface area (Å²) < 4.78 is 37.2. The number of aromatic nitrogens is 1. The van der Waals surface area contributed by atoms with E-state index in [0.717, 1.165) is 12.6 Å². The van der Waals surface area contributed by atoms with E-state index in [-0.39, 0.29) is 56.4 Å².